The van der Waals surface area contributed by atoms with Gasteiger partial charge < -0.3 is 4.90 Å². The van der Waals surface area contributed by atoms with Crippen molar-refractivity contribution in [3.05, 3.63) is 0 Å². The summed E-state index contributed by atoms with van der Waals surface area (Å²) in [5.41, 5.74) is 0. The number of likely N-dealkylation sites (N-methyl/N-ethyl adjacent to an activating group) is 1. The number of rotatable bonds is 2. The Bertz CT molecular complexity index is 669. The fourth-order valence-corrected chi connectivity index (χ4v) is 4.16. The van der Waals surface area contributed by atoms with E-state index >= 15 is 0 Å². The molecule has 0 aromatic rings. The lowest BCUT2D eigenvalue weighted by Gasteiger charge is -2.40. The second kappa shape index (κ2) is 6.00. The predicted molar refractivity (Wildman–Crippen MR) is 90.0 cm³/mol. The van der Waals surface area contributed by atoms with Gasteiger partial charge in [-0.05, 0) is 12.8 Å². The second-order valence-electron chi connectivity index (χ2n) is 5.92. The van der Waals surface area contributed by atoms with Gasteiger partial charge in [-0.1, -0.05) is 11.6 Å². The van der Waals surface area contributed by atoms with Gasteiger partial charge in [0.05, 0.1) is 0 Å². The van der Waals surface area contributed by atoms with Crippen molar-refractivity contribution in [2.75, 3.05) is 27.2 Å². The van der Waals surface area contributed by atoms with Gasteiger partial charge in [-0.15, -0.1) is 0 Å². The van der Waals surface area contributed by atoms with Crippen LogP contribution in [0.15, 0.2) is 15.1 Å². The molecule has 3 rings (SSSR count). The monoisotopic (exact) mass is 361 g/mol. The van der Waals surface area contributed by atoms with E-state index in [1.807, 2.05) is 7.05 Å². The molecule has 23 heavy (non-hydrogen) atoms. The molecule has 9 nitrogen and oxygen atoms in total. The molecule has 128 valence electrons. The molecule has 0 aromatic heterocycles. The van der Waals surface area contributed by atoms with E-state index in [1.165, 1.54) is 17.7 Å². The van der Waals surface area contributed by atoms with Gasteiger partial charge in [0.25, 0.3) is 10.2 Å². The fourth-order valence-electron chi connectivity index (χ4n) is 3.23. The molecule has 0 spiro atoms. The molecule has 2 atom stereocenters. The molecule has 3 aliphatic rings. The van der Waals surface area contributed by atoms with Gasteiger partial charge in [-0.2, -0.15) is 17.8 Å². The van der Waals surface area contributed by atoms with E-state index in [1.54, 1.807) is 5.01 Å². The number of hydrazone groups is 1. The molecule has 11 heteroatoms. The van der Waals surface area contributed by atoms with Gasteiger partial charge in [0, 0.05) is 33.2 Å². The summed E-state index contributed by atoms with van der Waals surface area (Å²) >= 11 is 6.13. The van der Waals surface area contributed by atoms with Crippen molar-refractivity contribution < 1.29 is 8.42 Å². The second-order valence-corrected chi connectivity index (χ2v) is 7.91. The van der Waals surface area contributed by atoms with Crippen LogP contribution < -0.4 is 5.14 Å². The van der Waals surface area contributed by atoms with E-state index in [0.29, 0.717) is 31.1 Å². The summed E-state index contributed by atoms with van der Waals surface area (Å²) in [5, 5.41) is 11.7. The van der Waals surface area contributed by atoms with E-state index < -0.39 is 10.2 Å². The zero-order valence-electron chi connectivity index (χ0n) is 13.0. The highest BCUT2D eigenvalue weighted by Crippen LogP contribution is 2.26. The van der Waals surface area contributed by atoms with Crippen molar-refractivity contribution >= 4 is 39.2 Å². The third-order valence-corrected chi connectivity index (χ3v) is 5.99. The molecule has 0 bridgehead atoms. The van der Waals surface area contributed by atoms with Crippen LogP contribution in [0.25, 0.3) is 0 Å². The zero-order chi connectivity index (χ0) is 16.8. The van der Waals surface area contributed by atoms with Crippen LogP contribution in [0.2, 0.25) is 0 Å². The van der Waals surface area contributed by atoms with Gasteiger partial charge in [0.15, 0.2) is 5.17 Å². The van der Waals surface area contributed by atoms with E-state index in [4.69, 9.17) is 16.7 Å². The molecule has 3 aliphatic heterocycles. The van der Waals surface area contributed by atoms with Gasteiger partial charge in [-0.25, -0.2) is 10.1 Å². The standard InChI is InChI=1S/C12H20ClN7O2S/c1-18-10-9(11(13)17-18)15-7-16-12(10)20-5-3-8(4-6-20)19(2)23(14,21)22/h7-10H,3-6H2,1-2H3,(H2,14,21,22). The zero-order valence-corrected chi connectivity index (χ0v) is 14.6. The summed E-state index contributed by atoms with van der Waals surface area (Å²) in [6.07, 6.45) is 2.91. The highest BCUT2D eigenvalue weighted by Gasteiger charge is 2.42. The lowest BCUT2D eigenvalue weighted by atomic mass is 10.0. The lowest BCUT2D eigenvalue weighted by molar-refractivity contribution is 0.216. The maximum atomic E-state index is 11.5. The van der Waals surface area contributed by atoms with Crippen molar-refractivity contribution in [3.63, 3.8) is 0 Å². The predicted octanol–water partition coefficient (Wildman–Crippen LogP) is -0.739. The number of nitrogens with two attached hydrogens (primary N) is 1. The molecule has 3 heterocycles. The molecular weight excluding hydrogens is 342 g/mol. The molecule has 0 amide bonds. The summed E-state index contributed by atoms with van der Waals surface area (Å²) in [6, 6.07) is -0.393. The third-order valence-electron chi connectivity index (χ3n) is 4.58. The maximum Gasteiger partial charge on any atom is 0.276 e. The van der Waals surface area contributed by atoms with Gasteiger partial charge in [0.2, 0.25) is 0 Å². The Labute approximate surface area is 140 Å². The van der Waals surface area contributed by atoms with E-state index in [9.17, 15) is 8.42 Å². The van der Waals surface area contributed by atoms with Crippen molar-refractivity contribution in [1.29, 1.82) is 0 Å². The molecule has 0 aromatic carbocycles. The summed E-state index contributed by atoms with van der Waals surface area (Å²) in [6.45, 7) is 1.40. The fraction of sp³-hybridized carbons (Fsp3) is 0.750. The van der Waals surface area contributed by atoms with Crippen LogP contribution in [0, 0.1) is 0 Å². The first-order valence-corrected chi connectivity index (χ1v) is 9.24. The maximum absolute atomic E-state index is 11.5. The average molecular weight is 362 g/mol. The normalized spacial score (nSPS) is 28.9. The largest absolute Gasteiger partial charge is 0.358 e. The Morgan fingerprint density at radius 2 is 2.04 bits per heavy atom. The molecular formula is C12H20ClN7O2S. The quantitative estimate of drug-likeness (QED) is 0.699. The molecule has 1 fully saturated rings. The number of amidine groups is 1. The van der Waals surface area contributed by atoms with E-state index in [-0.39, 0.29) is 18.1 Å². The number of halogens is 1. The highest BCUT2D eigenvalue weighted by molar-refractivity contribution is 7.86. The van der Waals surface area contributed by atoms with E-state index in [2.05, 4.69) is 20.0 Å². The number of nitrogens with zero attached hydrogens (tertiary/aromatic N) is 6. The van der Waals surface area contributed by atoms with Crippen molar-refractivity contribution in [3.8, 4) is 0 Å². The van der Waals surface area contributed by atoms with E-state index in [0.717, 1.165) is 5.84 Å². The molecule has 2 unspecified atom stereocenters. The first-order valence-electron chi connectivity index (χ1n) is 7.36. The number of piperidine rings is 1. The summed E-state index contributed by atoms with van der Waals surface area (Å²) in [5.74, 6) is 0.878. The number of aliphatic imine (C=N–C) groups is 2. The highest BCUT2D eigenvalue weighted by atomic mass is 35.5. The minimum Gasteiger partial charge on any atom is -0.358 e. The Morgan fingerprint density at radius 1 is 1.39 bits per heavy atom. The summed E-state index contributed by atoms with van der Waals surface area (Å²) in [4.78, 5) is 10.9. The number of hydrogen-bond donors (Lipinski definition) is 1. The number of fused-ring (bicyclic) bond motifs is 1. The van der Waals surface area contributed by atoms with Crippen LogP contribution >= 0.6 is 11.6 Å². The van der Waals surface area contributed by atoms with Crippen LogP contribution in [0.1, 0.15) is 12.8 Å². The smallest absolute Gasteiger partial charge is 0.276 e. The SMILES string of the molecule is CN1N=C(Cl)C2N=CN=C(N3CCC(N(C)S(N)(=O)=O)CC3)C21. The third kappa shape index (κ3) is 3.08. The molecule has 0 saturated carbocycles. The summed E-state index contributed by atoms with van der Waals surface area (Å²) < 4.78 is 24.2. The van der Waals surface area contributed by atoms with Crippen LogP contribution in [-0.4, -0.2) is 85.3 Å². The number of likely N-dealkylation sites (tertiary alicyclic amines) is 1. The van der Waals surface area contributed by atoms with Gasteiger partial charge in [0.1, 0.15) is 24.3 Å². The van der Waals surface area contributed by atoms with Gasteiger partial charge >= 0.3 is 0 Å². The lowest BCUT2D eigenvalue weighted by Crippen LogP contribution is -2.55. The van der Waals surface area contributed by atoms with Crippen molar-refractivity contribution in [2.45, 2.75) is 31.0 Å². The summed E-state index contributed by atoms with van der Waals surface area (Å²) in [7, 11) is -0.281. The molecule has 2 N–H and O–H groups in total. The Kier molecular flexibility index (Phi) is 4.34. The minimum atomic E-state index is -3.66. The van der Waals surface area contributed by atoms with Crippen LogP contribution in [0.5, 0.6) is 0 Å². The Hall–Kier alpha value is -1.23. The molecule has 0 aliphatic carbocycles. The minimum absolute atomic E-state index is 0.0870. The van der Waals surface area contributed by atoms with Crippen LogP contribution in [-0.2, 0) is 10.2 Å². The average Bonchev–Trinajstić information content (AvgIpc) is 2.81. The first kappa shape index (κ1) is 16.6. The van der Waals surface area contributed by atoms with Crippen molar-refractivity contribution in [2.24, 2.45) is 20.2 Å². The van der Waals surface area contributed by atoms with Gasteiger partial charge in [-0.3, -0.25) is 10.0 Å². The van der Waals surface area contributed by atoms with Crippen molar-refractivity contribution in [1.82, 2.24) is 14.2 Å². The Morgan fingerprint density at radius 3 is 2.65 bits per heavy atom. The first-order chi connectivity index (χ1) is 10.8. The number of hydrogen-bond acceptors (Lipinski definition) is 7. The van der Waals surface area contributed by atoms with Crippen LogP contribution in [0.3, 0.4) is 0 Å². The Balaban J connectivity index is 1.69. The molecule has 0 radical (unpaired) electrons. The van der Waals surface area contributed by atoms with Crippen LogP contribution in [0.4, 0.5) is 0 Å². The molecule has 1 saturated heterocycles. The topological polar surface area (TPSA) is 107 Å².